The van der Waals surface area contributed by atoms with Gasteiger partial charge in [0.1, 0.15) is 5.69 Å². The highest BCUT2D eigenvalue weighted by molar-refractivity contribution is 6.19. The Labute approximate surface area is 179 Å². The number of hydrogen-bond donors (Lipinski definition) is 1. The maximum atomic E-state index is 12.3. The van der Waals surface area contributed by atoms with E-state index < -0.39 is 27.2 Å². The van der Waals surface area contributed by atoms with Crippen LogP contribution in [-0.4, -0.2) is 28.1 Å². The molecule has 1 aromatic rings. The van der Waals surface area contributed by atoms with E-state index in [9.17, 15) is 25.0 Å². The van der Waals surface area contributed by atoms with Crippen molar-refractivity contribution in [3.8, 4) is 11.8 Å². The highest BCUT2D eigenvalue weighted by Gasteiger charge is 2.20. The molecule has 0 saturated carbocycles. The summed E-state index contributed by atoms with van der Waals surface area (Å²) < 4.78 is 5.04. The molecule has 0 aromatic heterocycles. The van der Waals surface area contributed by atoms with Gasteiger partial charge in [0.05, 0.1) is 33.8 Å². The molecule has 0 atom stereocenters. The number of nitro benzene ring substituents is 2. The number of anilines is 1. The number of ether oxygens (including phenoxy) is 1. The van der Waals surface area contributed by atoms with Crippen LogP contribution in [0.2, 0.25) is 0 Å². The Kier molecular flexibility index (Phi) is 8.45. The molecule has 0 radical (unpaired) electrons. The van der Waals surface area contributed by atoms with Crippen molar-refractivity contribution in [1.82, 2.24) is 0 Å². The number of carbonyl (C=O) groups excluding carboxylic acids is 1. The van der Waals surface area contributed by atoms with Crippen LogP contribution in [0.15, 0.2) is 46.6 Å². The molecule has 1 aliphatic rings. The average Bonchev–Trinajstić information content (AvgIpc) is 2.75. The summed E-state index contributed by atoms with van der Waals surface area (Å²) >= 11 is 0. The van der Waals surface area contributed by atoms with Gasteiger partial charge in [-0.25, -0.2) is 4.79 Å². The number of non-ortho nitro benzene ring substituents is 1. The maximum Gasteiger partial charge on any atom is 0.340 e. The molecule has 1 aliphatic carbocycles. The zero-order valence-electron chi connectivity index (χ0n) is 17.2. The van der Waals surface area contributed by atoms with Gasteiger partial charge < -0.3 is 4.74 Å². The molecule has 0 aliphatic heterocycles. The van der Waals surface area contributed by atoms with Gasteiger partial charge in [0, 0.05) is 12.1 Å². The van der Waals surface area contributed by atoms with Gasteiger partial charge >= 0.3 is 11.7 Å². The number of hydrazone groups is 1. The minimum absolute atomic E-state index is 0.0587. The molecule has 10 heteroatoms. The molecule has 2 rings (SSSR count). The number of rotatable bonds is 7. The van der Waals surface area contributed by atoms with Gasteiger partial charge in [-0.3, -0.25) is 25.7 Å². The second-order valence-electron chi connectivity index (χ2n) is 6.55. The lowest BCUT2D eigenvalue weighted by Crippen LogP contribution is -2.15. The molecule has 0 amide bonds. The van der Waals surface area contributed by atoms with Crippen molar-refractivity contribution >= 4 is 28.7 Å². The molecule has 0 saturated heterocycles. The minimum atomic E-state index is -0.758. The fourth-order valence-corrected chi connectivity index (χ4v) is 2.76. The first-order valence-corrected chi connectivity index (χ1v) is 9.64. The van der Waals surface area contributed by atoms with Crippen molar-refractivity contribution in [3.63, 3.8) is 0 Å². The van der Waals surface area contributed by atoms with E-state index in [1.54, 1.807) is 6.92 Å². The van der Waals surface area contributed by atoms with Gasteiger partial charge in [-0.15, -0.1) is 0 Å². The Morgan fingerprint density at radius 1 is 1.29 bits per heavy atom. The Morgan fingerprint density at radius 2 is 2.06 bits per heavy atom. The molecule has 162 valence electrons. The standard InChI is InChI=1S/C21H22N4O6/c1-3-31-21(26)18(11-7-10-16-8-5-4-6-9-16)15(2)22-23-19-13-12-17(24(27)28)14-20(19)25(29)30/h8,11-14,23H,3-6,9H2,1-2H3/b18-11-,22-15+. The Bertz CT molecular complexity index is 1030. The van der Waals surface area contributed by atoms with Crippen molar-refractivity contribution in [2.45, 2.75) is 39.5 Å². The number of allylic oxidation sites excluding steroid dienone is 3. The second-order valence-corrected chi connectivity index (χ2v) is 6.55. The van der Waals surface area contributed by atoms with Crippen LogP contribution in [0.1, 0.15) is 39.5 Å². The minimum Gasteiger partial charge on any atom is -0.462 e. The number of nitro groups is 2. The first kappa shape index (κ1) is 23.3. The van der Waals surface area contributed by atoms with Gasteiger partial charge in [-0.1, -0.05) is 17.9 Å². The van der Waals surface area contributed by atoms with E-state index >= 15 is 0 Å². The molecule has 0 spiro atoms. The first-order valence-electron chi connectivity index (χ1n) is 9.64. The van der Waals surface area contributed by atoms with E-state index in [-0.39, 0.29) is 23.6 Å². The third-order valence-corrected chi connectivity index (χ3v) is 4.36. The van der Waals surface area contributed by atoms with Crippen LogP contribution < -0.4 is 5.43 Å². The van der Waals surface area contributed by atoms with Crippen LogP contribution in [0.3, 0.4) is 0 Å². The summed E-state index contributed by atoms with van der Waals surface area (Å²) in [6.07, 6.45) is 7.57. The lowest BCUT2D eigenvalue weighted by atomic mass is 10.00. The molecule has 1 N–H and O–H groups in total. The fourth-order valence-electron chi connectivity index (χ4n) is 2.76. The molecule has 31 heavy (non-hydrogen) atoms. The Balaban J connectivity index is 2.31. The summed E-state index contributed by atoms with van der Waals surface area (Å²) in [4.78, 5) is 32.9. The Morgan fingerprint density at radius 3 is 2.68 bits per heavy atom. The van der Waals surface area contributed by atoms with E-state index in [4.69, 9.17) is 4.74 Å². The molecule has 0 bridgehead atoms. The van der Waals surface area contributed by atoms with Crippen molar-refractivity contribution < 1.29 is 19.4 Å². The quantitative estimate of drug-likeness (QED) is 0.171. The Hall–Kier alpha value is -4.00. The summed E-state index contributed by atoms with van der Waals surface area (Å²) in [5.41, 5.74) is 2.80. The highest BCUT2D eigenvalue weighted by Crippen LogP contribution is 2.29. The second kappa shape index (κ2) is 11.3. The molecular weight excluding hydrogens is 404 g/mol. The predicted molar refractivity (Wildman–Crippen MR) is 116 cm³/mol. The average molecular weight is 426 g/mol. The summed E-state index contributed by atoms with van der Waals surface area (Å²) in [5.74, 6) is 5.24. The molecule has 1 aromatic carbocycles. The number of nitrogens with one attached hydrogen (secondary N) is 1. The number of carbonyl (C=O) groups is 1. The molecule has 0 fully saturated rings. The monoisotopic (exact) mass is 426 g/mol. The summed E-state index contributed by atoms with van der Waals surface area (Å²) in [6.45, 7) is 3.34. The van der Waals surface area contributed by atoms with Crippen molar-refractivity contribution in [1.29, 1.82) is 0 Å². The van der Waals surface area contributed by atoms with Gasteiger partial charge in [0.2, 0.25) is 0 Å². The first-order chi connectivity index (χ1) is 14.8. The van der Waals surface area contributed by atoms with Crippen molar-refractivity contribution in [3.05, 3.63) is 61.7 Å². The van der Waals surface area contributed by atoms with E-state index in [1.165, 1.54) is 19.1 Å². The summed E-state index contributed by atoms with van der Waals surface area (Å²) in [7, 11) is 0. The summed E-state index contributed by atoms with van der Waals surface area (Å²) in [5, 5.41) is 26.1. The van der Waals surface area contributed by atoms with Crippen molar-refractivity contribution in [2.75, 3.05) is 12.0 Å². The van der Waals surface area contributed by atoms with E-state index in [0.29, 0.717) is 0 Å². The topological polar surface area (TPSA) is 137 Å². The number of benzene rings is 1. The van der Waals surface area contributed by atoms with Crippen molar-refractivity contribution in [2.24, 2.45) is 5.10 Å². The third kappa shape index (κ3) is 6.78. The lowest BCUT2D eigenvalue weighted by Gasteiger charge is -2.07. The highest BCUT2D eigenvalue weighted by atomic mass is 16.6. The third-order valence-electron chi connectivity index (χ3n) is 4.36. The van der Waals surface area contributed by atoms with Crippen LogP contribution in [-0.2, 0) is 9.53 Å². The van der Waals surface area contributed by atoms with Crippen LogP contribution in [0.5, 0.6) is 0 Å². The van der Waals surface area contributed by atoms with E-state index in [2.05, 4.69) is 28.4 Å². The van der Waals surface area contributed by atoms with Crippen LogP contribution in [0.25, 0.3) is 0 Å². The number of nitrogens with zero attached hydrogens (tertiary/aromatic N) is 3. The molecule has 10 nitrogen and oxygen atoms in total. The van der Waals surface area contributed by atoms with Gasteiger partial charge in [-0.2, -0.15) is 5.10 Å². The number of hydrogen-bond acceptors (Lipinski definition) is 8. The zero-order chi connectivity index (χ0) is 22.8. The maximum absolute atomic E-state index is 12.3. The van der Waals surface area contributed by atoms with Crippen LogP contribution in [0.4, 0.5) is 17.1 Å². The molecule has 0 unspecified atom stereocenters. The molecule has 0 heterocycles. The van der Waals surface area contributed by atoms with E-state index in [1.807, 2.05) is 0 Å². The zero-order valence-corrected chi connectivity index (χ0v) is 17.2. The largest absolute Gasteiger partial charge is 0.462 e. The van der Waals surface area contributed by atoms with Gasteiger partial charge in [-0.05, 0) is 51.2 Å². The SMILES string of the molecule is CCOC(=O)C(=C\C#CC1=CCCCC1)/C(C)=N/Nc1ccc([N+](=O)[O-])cc1[N+](=O)[O-]. The lowest BCUT2D eigenvalue weighted by molar-refractivity contribution is -0.393. The van der Waals surface area contributed by atoms with Crippen LogP contribution in [0, 0.1) is 32.1 Å². The van der Waals surface area contributed by atoms with Gasteiger partial charge in [0.25, 0.3) is 5.69 Å². The van der Waals surface area contributed by atoms with E-state index in [0.717, 1.165) is 43.4 Å². The molecular formula is C21H22N4O6. The fraction of sp³-hybridized carbons (Fsp3) is 0.333. The van der Waals surface area contributed by atoms with Gasteiger partial charge in [0.15, 0.2) is 0 Å². The van der Waals surface area contributed by atoms with Crippen LogP contribution >= 0.6 is 0 Å². The predicted octanol–water partition coefficient (Wildman–Crippen LogP) is 4.28. The normalized spacial score (nSPS) is 14.1. The summed E-state index contributed by atoms with van der Waals surface area (Å²) in [6, 6.07) is 3.13. The number of esters is 1. The smallest absolute Gasteiger partial charge is 0.340 e.